The van der Waals surface area contributed by atoms with Crippen molar-refractivity contribution in [3.63, 3.8) is 0 Å². The fourth-order valence-corrected chi connectivity index (χ4v) is 4.14. The lowest BCUT2D eigenvalue weighted by Gasteiger charge is -2.41. The Hall–Kier alpha value is -2.94. The van der Waals surface area contributed by atoms with Crippen molar-refractivity contribution in [3.8, 4) is 0 Å². The molecule has 1 aromatic carbocycles. The first-order valence-corrected chi connectivity index (χ1v) is 8.40. The first-order valence-electron chi connectivity index (χ1n) is 8.40. The quantitative estimate of drug-likeness (QED) is 0.525. The number of furan rings is 1. The number of benzene rings is 1. The predicted molar refractivity (Wildman–Crippen MR) is 104 cm³/mol. The molecule has 0 fully saturated rings. The van der Waals surface area contributed by atoms with Gasteiger partial charge in [0.2, 0.25) is 0 Å². The van der Waals surface area contributed by atoms with Crippen molar-refractivity contribution in [2.45, 2.75) is 25.7 Å². The molecule has 3 heteroatoms. The Morgan fingerprint density at radius 1 is 1.08 bits per heavy atom. The van der Waals surface area contributed by atoms with Crippen molar-refractivity contribution in [2.24, 2.45) is 9.98 Å². The summed E-state index contributed by atoms with van der Waals surface area (Å²) in [6, 6.07) is 4.45. The molecule has 0 aliphatic heterocycles. The summed E-state index contributed by atoms with van der Waals surface area (Å²) >= 11 is 0. The van der Waals surface area contributed by atoms with E-state index in [1.165, 1.54) is 22.3 Å². The van der Waals surface area contributed by atoms with Crippen LogP contribution in [0.15, 0.2) is 86.4 Å². The smallest absolute Gasteiger partial charge is 0.0981 e. The largest absolute Gasteiger partial charge is 0.471 e. The van der Waals surface area contributed by atoms with E-state index in [9.17, 15) is 0 Å². The summed E-state index contributed by atoms with van der Waals surface area (Å²) in [4.78, 5) is 9.06. The highest BCUT2D eigenvalue weighted by Gasteiger charge is 2.42. The van der Waals surface area contributed by atoms with E-state index >= 15 is 0 Å². The lowest BCUT2D eigenvalue weighted by molar-refractivity contribution is 0.572. The number of allylic oxidation sites excluding steroid dienone is 5. The zero-order valence-corrected chi connectivity index (χ0v) is 14.5. The highest BCUT2D eigenvalue weighted by atomic mass is 16.3. The van der Waals surface area contributed by atoms with Gasteiger partial charge in [-0.2, -0.15) is 0 Å². The van der Waals surface area contributed by atoms with Crippen molar-refractivity contribution in [1.82, 2.24) is 0 Å². The van der Waals surface area contributed by atoms with Gasteiger partial charge in [0, 0.05) is 22.9 Å². The van der Waals surface area contributed by atoms with Gasteiger partial charge in [0.15, 0.2) is 0 Å². The molecule has 2 atom stereocenters. The zero-order valence-electron chi connectivity index (χ0n) is 14.5. The van der Waals surface area contributed by atoms with Crippen molar-refractivity contribution >= 4 is 23.7 Å². The maximum Gasteiger partial charge on any atom is 0.0981 e. The Bertz CT molecular complexity index is 1010. The molecule has 2 unspecified atom stereocenters. The van der Waals surface area contributed by atoms with Crippen molar-refractivity contribution in [2.75, 3.05) is 0 Å². The summed E-state index contributed by atoms with van der Waals surface area (Å²) in [7, 11) is 0. The third-order valence-corrected chi connectivity index (χ3v) is 5.16. The molecule has 0 radical (unpaired) electrons. The van der Waals surface area contributed by atoms with Gasteiger partial charge in [-0.1, -0.05) is 30.4 Å². The maximum atomic E-state index is 5.40. The maximum absolute atomic E-state index is 5.40. The molecule has 0 saturated heterocycles. The first-order chi connectivity index (χ1) is 12.2. The Labute approximate surface area is 147 Å². The molecule has 0 N–H and O–H groups in total. The molecule has 3 aliphatic carbocycles. The average molecular weight is 328 g/mol. The Morgan fingerprint density at radius 2 is 1.76 bits per heavy atom. The number of rotatable bonds is 4. The van der Waals surface area contributed by atoms with Crippen molar-refractivity contribution in [3.05, 3.63) is 83.1 Å². The second kappa shape index (κ2) is 5.85. The van der Waals surface area contributed by atoms with Gasteiger partial charge in [0.1, 0.15) is 0 Å². The van der Waals surface area contributed by atoms with Gasteiger partial charge >= 0.3 is 0 Å². The van der Waals surface area contributed by atoms with Gasteiger partial charge in [-0.05, 0) is 49.4 Å². The SMILES string of the molecule is C=C/C=C\C1=C(C)C2C(N=C)=C(/N=C\C)C1c1cc3cocc3cc12. The van der Waals surface area contributed by atoms with Crippen LogP contribution in [0.4, 0.5) is 0 Å². The summed E-state index contributed by atoms with van der Waals surface area (Å²) < 4.78 is 5.40. The predicted octanol–water partition coefficient (Wildman–Crippen LogP) is 5.69. The molecule has 3 aliphatic rings. The number of fused-ring (bicyclic) bond motifs is 1. The molecular formula is C22H20N2O. The minimum Gasteiger partial charge on any atom is -0.471 e. The molecule has 0 saturated carbocycles. The van der Waals surface area contributed by atoms with Crippen LogP contribution in [0.5, 0.6) is 0 Å². The third kappa shape index (κ3) is 2.12. The summed E-state index contributed by atoms with van der Waals surface area (Å²) in [5.41, 5.74) is 7.09. The first kappa shape index (κ1) is 15.6. The molecular weight excluding hydrogens is 308 g/mol. The van der Waals surface area contributed by atoms with Crippen LogP contribution in [0.25, 0.3) is 10.8 Å². The van der Waals surface area contributed by atoms with Crippen LogP contribution in [-0.2, 0) is 0 Å². The fraction of sp³-hybridized carbons (Fsp3) is 0.182. The van der Waals surface area contributed by atoms with E-state index in [1.54, 1.807) is 12.5 Å². The van der Waals surface area contributed by atoms with Gasteiger partial charge in [-0.3, -0.25) is 9.98 Å². The van der Waals surface area contributed by atoms with E-state index in [-0.39, 0.29) is 11.8 Å². The Balaban J connectivity index is 2.05. The van der Waals surface area contributed by atoms with Gasteiger partial charge in [-0.25, -0.2) is 0 Å². The van der Waals surface area contributed by atoms with E-state index in [1.807, 2.05) is 25.3 Å². The molecule has 2 aromatic rings. The highest BCUT2D eigenvalue weighted by molar-refractivity contribution is 5.85. The van der Waals surface area contributed by atoms with Crippen LogP contribution in [-0.4, -0.2) is 12.9 Å². The Kier molecular flexibility index (Phi) is 3.65. The van der Waals surface area contributed by atoms with Crippen LogP contribution >= 0.6 is 0 Å². The van der Waals surface area contributed by atoms with Crippen LogP contribution in [0.3, 0.4) is 0 Å². The van der Waals surface area contributed by atoms with Gasteiger partial charge in [0.05, 0.1) is 29.8 Å². The lowest BCUT2D eigenvalue weighted by Crippen LogP contribution is -2.26. The average Bonchev–Trinajstić information content (AvgIpc) is 3.07. The topological polar surface area (TPSA) is 37.9 Å². The molecule has 1 aromatic heterocycles. The molecule has 5 rings (SSSR count). The molecule has 2 bridgehead atoms. The van der Waals surface area contributed by atoms with Gasteiger partial charge < -0.3 is 4.42 Å². The molecule has 124 valence electrons. The summed E-state index contributed by atoms with van der Waals surface area (Å²) in [5.74, 6) is 0.146. The second-order valence-corrected chi connectivity index (χ2v) is 6.40. The summed E-state index contributed by atoms with van der Waals surface area (Å²) in [6.45, 7) is 11.7. The molecule has 0 spiro atoms. The fourth-order valence-electron chi connectivity index (χ4n) is 4.14. The molecule has 0 amide bonds. The van der Waals surface area contributed by atoms with Crippen LogP contribution in [0.2, 0.25) is 0 Å². The number of hydrogen-bond acceptors (Lipinski definition) is 3. The monoisotopic (exact) mass is 328 g/mol. The highest BCUT2D eigenvalue weighted by Crippen LogP contribution is 2.56. The summed E-state index contributed by atoms with van der Waals surface area (Å²) in [6.07, 6.45) is 11.4. The van der Waals surface area contributed by atoms with Crippen molar-refractivity contribution < 1.29 is 4.42 Å². The number of aliphatic imine (C=N–C) groups is 2. The van der Waals surface area contributed by atoms with E-state index in [0.29, 0.717) is 0 Å². The molecule has 1 heterocycles. The van der Waals surface area contributed by atoms with E-state index in [0.717, 1.165) is 22.2 Å². The Morgan fingerprint density at radius 3 is 2.36 bits per heavy atom. The van der Waals surface area contributed by atoms with Gasteiger partial charge in [-0.15, -0.1) is 0 Å². The van der Waals surface area contributed by atoms with Crippen LogP contribution in [0.1, 0.15) is 36.8 Å². The van der Waals surface area contributed by atoms with Crippen LogP contribution in [0, 0.1) is 0 Å². The minimum absolute atomic E-state index is 0.0622. The standard InChI is InChI=1S/C22H20N2O/c1-5-7-8-16-13(3)19-17-9-14-11-25-12-15(14)10-18(17)20(16)22(24-6-2)21(19)23-4/h5-12,19-20H,1,4H2,2-3H3/b8-7-,24-6-. The number of hydrogen-bond donors (Lipinski definition) is 0. The van der Waals surface area contributed by atoms with E-state index in [2.05, 4.69) is 48.4 Å². The third-order valence-electron chi connectivity index (χ3n) is 5.16. The molecule has 25 heavy (non-hydrogen) atoms. The van der Waals surface area contributed by atoms with Crippen molar-refractivity contribution in [1.29, 1.82) is 0 Å². The minimum atomic E-state index is 0.0622. The normalized spacial score (nSPS) is 22.5. The summed E-state index contributed by atoms with van der Waals surface area (Å²) in [5, 5.41) is 2.23. The molecule has 3 nitrogen and oxygen atoms in total. The van der Waals surface area contributed by atoms with Crippen LogP contribution < -0.4 is 0 Å². The van der Waals surface area contributed by atoms with E-state index in [4.69, 9.17) is 4.42 Å². The number of nitrogens with zero attached hydrogens (tertiary/aromatic N) is 2. The lowest BCUT2D eigenvalue weighted by atomic mass is 9.64. The van der Waals surface area contributed by atoms with E-state index < -0.39 is 0 Å². The zero-order chi connectivity index (χ0) is 17.6. The van der Waals surface area contributed by atoms with Gasteiger partial charge in [0.25, 0.3) is 0 Å². The second-order valence-electron chi connectivity index (χ2n) is 6.40.